The van der Waals surface area contributed by atoms with Crippen LogP contribution in [0.4, 0.5) is 39.5 Å². The smallest absolute Gasteiger partial charge is 0.460 e. The Morgan fingerprint density at radius 3 is 1.86 bits per heavy atom. The lowest BCUT2D eigenvalue weighted by atomic mass is 9.82. The Morgan fingerprint density at radius 1 is 0.929 bits per heavy atom. The van der Waals surface area contributed by atoms with E-state index in [-0.39, 0.29) is 19.3 Å². The fourth-order valence-corrected chi connectivity index (χ4v) is 3.03. The van der Waals surface area contributed by atoms with Crippen molar-refractivity contribution in [2.75, 3.05) is 0 Å². The topological polar surface area (TPSA) is 26.3 Å². The molecule has 0 aromatic heterocycles. The number of carbonyl (C=O) groups is 1. The predicted octanol–water partition coefficient (Wildman–Crippen LogP) is 6.38. The van der Waals surface area contributed by atoms with Crippen LogP contribution in [0.5, 0.6) is 0 Å². The molecule has 1 rings (SSSR count). The first kappa shape index (κ1) is 24.9. The van der Waals surface area contributed by atoms with Crippen LogP contribution in [0.2, 0.25) is 0 Å². The van der Waals surface area contributed by atoms with Gasteiger partial charge in [0.15, 0.2) is 0 Å². The molecule has 0 amide bonds. The molecule has 166 valence electrons. The zero-order valence-electron chi connectivity index (χ0n) is 15.4. The van der Waals surface area contributed by atoms with Crippen molar-refractivity contribution in [3.05, 3.63) is 0 Å². The van der Waals surface area contributed by atoms with Gasteiger partial charge in [0, 0.05) is 0 Å². The maximum atomic E-state index is 14.0. The van der Waals surface area contributed by atoms with E-state index in [4.69, 9.17) is 4.74 Å². The number of rotatable bonds is 8. The molecule has 0 aromatic rings. The van der Waals surface area contributed by atoms with Crippen LogP contribution >= 0.6 is 0 Å². The molecule has 0 radical (unpaired) electrons. The maximum absolute atomic E-state index is 14.0. The number of esters is 1. The van der Waals surface area contributed by atoms with Gasteiger partial charge < -0.3 is 4.74 Å². The second kappa shape index (κ2) is 8.69. The molecule has 0 heterocycles. The average molecular weight is 430 g/mol. The van der Waals surface area contributed by atoms with Gasteiger partial charge in [-0.2, -0.15) is 39.5 Å². The summed E-state index contributed by atoms with van der Waals surface area (Å²) in [5.41, 5.74) is 0. The first-order valence-electron chi connectivity index (χ1n) is 8.99. The highest BCUT2D eigenvalue weighted by Crippen LogP contribution is 2.55. The van der Waals surface area contributed by atoms with Gasteiger partial charge in [0.05, 0.1) is 12.3 Å². The number of hydrogen-bond donors (Lipinski definition) is 0. The minimum Gasteiger partial charge on any atom is -0.462 e. The lowest BCUT2D eigenvalue weighted by molar-refractivity contribution is -0.398. The van der Waals surface area contributed by atoms with E-state index >= 15 is 0 Å². The van der Waals surface area contributed by atoms with Gasteiger partial charge in [0.2, 0.25) is 0 Å². The van der Waals surface area contributed by atoms with Crippen LogP contribution in [-0.4, -0.2) is 36.0 Å². The number of ether oxygens (including phenoxy) is 1. The van der Waals surface area contributed by atoms with Crippen molar-refractivity contribution in [3.63, 3.8) is 0 Å². The zero-order valence-corrected chi connectivity index (χ0v) is 15.4. The average Bonchev–Trinajstić information content (AvgIpc) is 2.59. The van der Waals surface area contributed by atoms with Gasteiger partial charge in [-0.3, -0.25) is 4.79 Å². The second-order valence-corrected chi connectivity index (χ2v) is 7.24. The Balaban J connectivity index is 3.14. The normalized spacial score (nSPS) is 20.0. The van der Waals surface area contributed by atoms with E-state index in [2.05, 4.69) is 0 Å². The first-order chi connectivity index (χ1) is 12.6. The van der Waals surface area contributed by atoms with E-state index in [1.54, 1.807) is 6.92 Å². The Hall–Kier alpha value is -1.16. The number of hydrogen-bond acceptors (Lipinski definition) is 2. The van der Waals surface area contributed by atoms with Gasteiger partial charge in [-0.25, -0.2) is 0 Å². The van der Waals surface area contributed by atoms with E-state index in [9.17, 15) is 44.3 Å². The maximum Gasteiger partial charge on any atom is 0.460 e. The van der Waals surface area contributed by atoms with Crippen LogP contribution in [0.15, 0.2) is 0 Å². The third-order valence-electron chi connectivity index (χ3n) is 5.13. The molecule has 0 bridgehead atoms. The molecule has 28 heavy (non-hydrogen) atoms. The third-order valence-corrected chi connectivity index (χ3v) is 5.13. The van der Waals surface area contributed by atoms with E-state index in [0.29, 0.717) is 12.8 Å². The van der Waals surface area contributed by atoms with Crippen molar-refractivity contribution in [1.29, 1.82) is 0 Å². The molecule has 0 aromatic carbocycles. The monoisotopic (exact) mass is 430 g/mol. The summed E-state index contributed by atoms with van der Waals surface area (Å²) in [5, 5.41) is 0. The molecule has 2 atom stereocenters. The van der Waals surface area contributed by atoms with Crippen molar-refractivity contribution in [2.24, 2.45) is 11.8 Å². The Kier molecular flexibility index (Phi) is 7.72. The predicted molar refractivity (Wildman–Crippen MR) is 81.4 cm³/mol. The summed E-state index contributed by atoms with van der Waals surface area (Å²) in [5.74, 6) is -22.0. The molecule has 11 heteroatoms. The number of alkyl halides is 9. The van der Waals surface area contributed by atoms with E-state index in [1.165, 1.54) is 6.92 Å². The number of carbonyl (C=O) groups excluding carboxylic acids is 1. The van der Waals surface area contributed by atoms with Crippen LogP contribution < -0.4 is 0 Å². The van der Waals surface area contributed by atoms with E-state index < -0.39 is 54.3 Å². The molecule has 0 spiro atoms. The van der Waals surface area contributed by atoms with Gasteiger partial charge in [0.1, 0.15) is 6.10 Å². The summed E-state index contributed by atoms with van der Waals surface area (Å²) in [7, 11) is 0. The fraction of sp³-hybridized carbons (Fsp3) is 0.941. The van der Waals surface area contributed by atoms with Crippen molar-refractivity contribution >= 4 is 5.97 Å². The number of halogens is 9. The molecule has 1 fully saturated rings. The standard InChI is InChI=1S/C17H23F9O2/c1-3-10(2)13(27)28-12(11-7-5-4-6-8-11)9-14(18,19)15(20,21)16(22,23)17(24,25)26/h10-12H,3-9H2,1-2H3. The summed E-state index contributed by atoms with van der Waals surface area (Å²) in [6.07, 6.45) is -8.43. The van der Waals surface area contributed by atoms with Gasteiger partial charge in [0.25, 0.3) is 0 Å². The van der Waals surface area contributed by atoms with Crippen LogP contribution in [0.1, 0.15) is 58.8 Å². The van der Waals surface area contributed by atoms with Crippen molar-refractivity contribution < 1.29 is 49.0 Å². The fourth-order valence-electron chi connectivity index (χ4n) is 3.03. The molecule has 0 aliphatic heterocycles. The molecule has 0 N–H and O–H groups in total. The van der Waals surface area contributed by atoms with Crippen LogP contribution in [0.3, 0.4) is 0 Å². The van der Waals surface area contributed by atoms with Gasteiger partial charge in [-0.1, -0.05) is 33.1 Å². The molecule has 1 aliphatic rings. The van der Waals surface area contributed by atoms with Gasteiger partial charge in [-0.15, -0.1) is 0 Å². The Labute approximate surface area is 156 Å². The quantitative estimate of drug-likeness (QED) is 0.330. The summed E-state index contributed by atoms with van der Waals surface area (Å²) >= 11 is 0. The zero-order chi connectivity index (χ0) is 22.0. The first-order valence-corrected chi connectivity index (χ1v) is 8.99. The lowest BCUT2D eigenvalue weighted by Crippen LogP contribution is -2.61. The molecular weight excluding hydrogens is 407 g/mol. The summed E-state index contributed by atoms with van der Waals surface area (Å²) in [6, 6.07) is 0. The summed E-state index contributed by atoms with van der Waals surface area (Å²) in [6.45, 7) is 2.97. The van der Waals surface area contributed by atoms with Gasteiger partial charge >= 0.3 is 29.9 Å². The highest BCUT2D eigenvalue weighted by molar-refractivity contribution is 5.72. The Bertz CT molecular complexity index is 525. The molecule has 1 aliphatic carbocycles. The van der Waals surface area contributed by atoms with Crippen LogP contribution in [0.25, 0.3) is 0 Å². The van der Waals surface area contributed by atoms with E-state index in [1.807, 2.05) is 0 Å². The van der Waals surface area contributed by atoms with Crippen molar-refractivity contribution in [2.45, 2.75) is 88.8 Å². The largest absolute Gasteiger partial charge is 0.462 e. The molecule has 2 nitrogen and oxygen atoms in total. The molecule has 2 unspecified atom stereocenters. The minimum absolute atomic E-state index is 0.218. The minimum atomic E-state index is -6.94. The van der Waals surface area contributed by atoms with Crippen LogP contribution in [-0.2, 0) is 9.53 Å². The highest BCUT2D eigenvalue weighted by Gasteiger charge is 2.81. The molecule has 1 saturated carbocycles. The van der Waals surface area contributed by atoms with Crippen molar-refractivity contribution in [1.82, 2.24) is 0 Å². The lowest BCUT2D eigenvalue weighted by Gasteiger charge is -2.37. The molecular formula is C17H23F9O2. The molecule has 0 saturated heterocycles. The van der Waals surface area contributed by atoms with Crippen LogP contribution in [0, 0.1) is 11.8 Å². The SMILES string of the molecule is CCC(C)C(=O)OC(CC(F)(F)C(F)(F)C(F)(F)C(F)(F)F)C1CCCCC1. The highest BCUT2D eigenvalue weighted by atomic mass is 19.4. The van der Waals surface area contributed by atoms with E-state index in [0.717, 1.165) is 6.42 Å². The summed E-state index contributed by atoms with van der Waals surface area (Å²) < 4.78 is 123. The van der Waals surface area contributed by atoms with Crippen molar-refractivity contribution in [3.8, 4) is 0 Å². The Morgan fingerprint density at radius 2 is 1.43 bits per heavy atom. The second-order valence-electron chi connectivity index (χ2n) is 7.24. The van der Waals surface area contributed by atoms with Gasteiger partial charge in [-0.05, 0) is 25.2 Å². The third kappa shape index (κ3) is 5.06. The summed E-state index contributed by atoms with van der Waals surface area (Å²) in [4.78, 5) is 11.9.